The summed E-state index contributed by atoms with van der Waals surface area (Å²) < 4.78 is 6.02. The van der Waals surface area contributed by atoms with Crippen LogP contribution in [0.5, 0.6) is 5.75 Å². The first-order chi connectivity index (χ1) is 9.08. The van der Waals surface area contributed by atoms with Gasteiger partial charge in [-0.1, -0.05) is 25.0 Å². The van der Waals surface area contributed by atoms with E-state index < -0.39 is 0 Å². The fraction of sp³-hybridized carbons (Fsp3) is 0.625. The molecular formula is C16H25NO2. The molecule has 3 N–H and O–H groups in total. The van der Waals surface area contributed by atoms with Crippen LogP contribution in [0.2, 0.25) is 0 Å². The summed E-state index contributed by atoms with van der Waals surface area (Å²) >= 11 is 0. The predicted octanol–water partition coefficient (Wildman–Crippen LogP) is 3.09. The van der Waals surface area contributed by atoms with Crippen molar-refractivity contribution < 1.29 is 9.84 Å². The fourth-order valence-electron chi connectivity index (χ4n) is 2.64. The van der Waals surface area contributed by atoms with E-state index in [-0.39, 0.29) is 18.2 Å². The maximum atomic E-state index is 10.1. The Morgan fingerprint density at radius 2 is 2.00 bits per heavy atom. The van der Waals surface area contributed by atoms with Crippen LogP contribution >= 0.6 is 0 Å². The molecule has 106 valence electrons. The van der Waals surface area contributed by atoms with E-state index >= 15 is 0 Å². The zero-order valence-electron chi connectivity index (χ0n) is 11.9. The molecular weight excluding hydrogens is 238 g/mol. The zero-order chi connectivity index (χ0) is 13.8. The van der Waals surface area contributed by atoms with E-state index in [0.717, 1.165) is 42.6 Å². The Labute approximate surface area is 115 Å². The minimum atomic E-state index is -0.338. The average Bonchev–Trinajstić information content (AvgIpc) is 2.57. The molecule has 0 amide bonds. The van der Waals surface area contributed by atoms with Crippen molar-refractivity contribution in [2.45, 2.75) is 64.2 Å². The van der Waals surface area contributed by atoms with Crippen LogP contribution in [0.4, 0.5) is 0 Å². The van der Waals surface area contributed by atoms with E-state index in [1.54, 1.807) is 0 Å². The van der Waals surface area contributed by atoms with E-state index in [4.69, 9.17) is 10.5 Å². The zero-order valence-corrected chi connectivity index (χ0v) is 11.9. The number of aliphatic hydroxyl groups excluding tert-OH is 1. The molecule has 0 heterocycles. The van der Waals surface area contributed by atoms with Gasteiger partial charge in [0.25, 0.3) is 0 Å². The number of rotatable bonds is 3. The Morgan fingerprint density at radius 1 is 1.26 bits per heavy atom. The lowest BCUT2D eigenvalue weighted by atomic mass is 10.0. The Balaban J connectivity index is 2.09. The molecule has 0 aliphatic heterocycles. The highest BCUT2D eigenvalue weighted by molar-refractivity contribution is 5.37. The van der Waals surface area contributed by atoms with Gasteiger partial charge in [0.2, 0.25) is 0 Å². The first kappa shape index (κ1) is 14.4. The lowest BCUT2D eigenvalue weighted by Crippen LogP contribution is -2.30. The van der Waals surface area contributed by atoms with E-state index in [9.17, 15) is 5.11 Å². The van der Waals surface area contributed by atoms with Crippen LogP contribution in [0.25, 0.3) is 0 Å². The van der Waals surface area contributed by atoms with E-state index in [0.29, 0.717) is 0 Å². The van der Waals surface area contributed by atoms with Crippen LogP contribution in [-0.2, 0) is 0 Å². The molecule has 2 rings (SSSR count). The summed E-state index contributed by atoms with van der Waals surface area (Å²) in [6.45, 7) is 4.01. The lowest BCUT2D eigenvalue weighted by Gasteiger charge is -2.23. The number of benzene rings is 1. The van der Waals surface area contributed by atoms with Crippen molar-refractivity contribution in [1.82, 2.24) is 0 Å². The summed E-state index contributed by atoms with van der Waals surface area (Å²) in [7, 11) is 0. The second kappa shape index (κ2) is 6.40. The van der Waals surface area contributed by atoms with Crippen molar-refractivity contribution in [3.8, 4) is 5.75 Å². The van der Waals surface area contributed by atoms with Gasteiger partial charge in [0, 0.05) is 6.04 Å². The van der Waals surface area contributed by atoms with Gasteiger partial charge in [-0.05, 0) is 50.3 Å². The van der Waals surface area contributed by atoms with E-state index in [2.05, 4.69) is 6.07 Å². The molecule has 0 radical (unpaired) electrons. The third-order valence-corrected chi connectivity index (χ3v) is 3.92. The van der Waals surface area contributed by atoms with Gasteiger partial charge in [-0.3, -0.25) is 0 Å². The number of nitrogens with two attached hydrogens (primary N) is 1. The minimum Gasteiger partial charge on any atom is -0.487 e. The van der Waals surface area contributed by atoms with Gasteiger partial charge in [-0.15, -0.1) is 0 Å². The summed E-state index contributed by atoms with van der Waals surface area (Å²) in [5, 5.41) is 10.1. The summed E-state index contributed by atoms with van der Waals surface area (Å²) in [6.07, 6.45) is 4.82. The molecule has 1 saturated carbocycles. The van der Waals surface area contributed by atoms with Crippen molar-refractivity contribution in [2.24, 2.45) is 5.73 Å². The average molecular weight is 263 g/mol. The topological polar surface area (TPSA) is 55.5 Å². The number of hydrogen-bond acceptors (Lipinski definition) is 3. The van der Waals surface area contributed by atoms with Gasteiger partial charge >= 0.3 is 0 Å². The largest absolute Gasteiger partial charge is 0.487 e. The second-order valence-electron chi connectivity index (χ2n) is 5.68. The van der Waals surface area contributed by atoms with Crippen molar-refractivity contribution in [1.29, 1.82) is 0 Å². The van der Waals surface area contributed by atoms with Crippen LogP contribution in [0.15, 0.2) is 18.2 Å². The van der Waals surface area contributed by atoms with E-state index in [1.165, 1.54) is 6.42 Å². The summed E-state index contributed by atoms with van der Waals surface area (Å²) in [5.41, 5.74) is 8.08. The number of aliphatic hydroxyl groups is 1. The molecule has 0 saturated heterocycles. The number of ether oxygens (including phenoxy) is 1. The number of aryl methyl sites for hydroxylation is 1. The number of hydrogen-bond donors (Lipinski definition) is 2. The molecule has 3 atom stereocenters. The molecule has 1 aliphatic carbocycles. The fourth-order valence-corrected chi connectivity index (χ4v) is 2.64. The van der Waals surface area contributed by atoms with Crippen molar-refractivity contribution >= 4 is 0 Å². The van der Waals surface area contributed by atoms with Gasteiger partial charge in [-0.25, -0.2) is 0 Å². The van der Waals surface area contributed by atoms with E-state index in [1.807, 2.05) is 26.0 Å². The van der Waals surface area contributed by atoms with Crippen LogP contribution in [-0.4, -0.2) is 17.3 Å². The quantitative estimate of drug-likeness (QED) is 0.824. The maximum absolute atomic E-state index is 10.1. The third-order valence-electron chi connectivity index (χ3n) is 3.92. The van der Waals surface area contributed by atoms with Gasteiger partial charge in [0.15, 0.2) is 0 Å². The third kappa shape index (κ3) is 3.71. The van der Waals surface area contributed by atoms with Crippen LogP contribution in [0.1, 0.15) is 56.2 Å². The molecule has 0 aromatic heterocycles. The van der Waals surface area contributed by atoms with Gasteiger partial charge < -0.3 is 15.6 Å². The molecule has 3 nitrogen and oxygen atoms in total. The molecule has 19 heavy (non-hydrogen) atoms. The first-order valence-electron chi connectivity index (χ1n) is 7.29. The van der Waals surface area contributed by atoms with Crippen molar-refractivity contribution in [3.05, 3.63) is 29.3 Å². The van der Waals surface area contributed by atoms with Crippen molar-refractivity contribution in [3.63, 3.8) is 0 Å². The second-order valence-corrected chi connectivity index (χ2v) is 5.68. The van der Waals surface area contributed by atoms with Crippen LogP contribution < -0.4 is 10.5 Å². The summed E-state index contributed by atoms with van der Waals surface area (Å²) in [5.74, 6) is 0.871. The first-order valence-corrected chi connectivity index (χ1v) is 7.29. The minimum absolute atomic E-state index is 0.0382. The van der Waals surface area contributed by atoms with Crippen molar-refractivity contribution in [2.75, 3.05) is 0 Å². The molecule has 0 spiro atoms. The van der Waals surface area contributed by atoms with Gasteiger partial charge in [0.1, 0.15) is 11.9 Å². The van der Waals surface area contributed by atoms with Gasteiger partial charge in [0.05, 0.1) is 6.10 Å². The van der Waals surface area contributed by atoms with Crippen LogP contribution in [0, 0.1) is 6.92 Å². The molecule has 1 aromatic rings. The Bertz CT molecular complexity index is 417. The Hall–Kier alpha value is -1.06. The predicted molar refractivity (Wildman–Crippen MR) is 77.3 cm³/mol. The summed E-state index contributed by atoms with van der Waals surface area (Å²) in [4.78, 5) is 0. The smallest absolute Gasteiger partial charge is 0.124 e. The molecule has 1 aromatic carbocycles. The highest BCUT2D eigenvalue weighted by Crippen LogP contribution is 2.27. The summed E-state index contributed by atoms with van der Waals surface area (Å²) in [6, 6.07) is 6.10. The highest BCUT2D eigenvalue weighted by atomic mass is 16.5. The Kier molecular flexibility index (Phi) is 4.83. The molecule has 0 bridgehead atoms. The lowest BCUT2D eigenvalue weighted by molar-refractivity contribution is 0.0316. The molecule has 1 aliphatic rings. The molecule has 1 fully saturated rings. The standard InChI is InChI=1S/C16H25NO2/c1-11-10-13(12(2)17)8-9-15(11)19-16-7-5-3-4-6-14(16)18/h8-10,12,14,16,18H,3-7,17H2,1-2H3/t12-,14?,16?/m0/s1. The van der Waals surface area contributed by atoms with Gasteiger partial charge in [-0.2, -0.15) is 0 Å². The highest BCUT2D eigenvalue weighted by Gasteiger charge is 2.23. The molecule has 2 unspecified atom stereocenters. The normalized spacial score (nSPS) is 25.7. The maximum Gasteiger partial charge on any atom is 0.124 e. The monoisotopic (exact) mass is 263 g/mol. The Morgan fingerprint density at radius 3 is 2.68 bits per heavy atom. The SMILES string of the molecule is Cc1cc([C@H](C)N)ccc1OC1CCCCCC1O. The molecule has 3 heteroatoms. The van der Waals surface area contributed by atoms with Crippen LogP contribution in [0.3, 0.4) is 0 Å².